The fraction of sp³-hybridized carbons (Fsp3) is 0.444. The molecule has 2 atom stereocenters. The van der Waals surface area contributed by atoms with Gasteiger partial charge in [0, 0.05) is 12.1 Å². The molecule has 2 unspecified atom stereocenters. The van der Waals surface area contributed by atoms with Gasteiger partial charge in [-0.05, 0) is 41.7 Å². The second kappa shape index (κ2) is 8.85. The Morgan fingerprint density at radius 2 is 1.74 bits per heavy atom. The SMILES string of the molecule is NC(=O)C12C(=O)CN(C(=O)c3ccc4ccccc4c3)C1CCN2C(=O)[CH]CC1CCCCC1. The highest BCUT2D eigenvalue weighted by molar-refractivity contribution is 6.18. The second-order valence-electron chi connectivity index (χ2n) is 9.79. The number of fused-ring (bicyclic) bond motifs is 2. The third-order valence-corrected chi connectivity index (χ3v) is 7.90. The van der Waals surface area contributed by atoms with Crippen molar-refractivity contribution in [2.45, 2.75) is 56.5 Å². The summed E-state index contributed by atoms with van der Waals surface area (Å²) in [4.78, 5) is 55.5. The van der Waals surface area contributed by atoms with Crippen LogP contribution in [0.4, 0.5) is 0 Å². The van der Waals surface area contributed by atoms with Gasteiger partial charge in [-0.25, -0.2) is 0 Å². The number of hydrogen-bond acceptors (Lipinski definition) is 4. The second-order valence-corrected chi connectivity index (χ2v) is 9.79. The summed E-state index contributed by atoms with van der Waals surface area (Å²) < 4.78 is 0. The largest absolute Gasteiger partial charge is 0.367 e. The molecule has 2 aromatic carbocycles. The maximum atomic E-state index is 13.5. The molecule has 7 nitrogen and oxygen atoms in total. The lowest BCUT2D eigenvalue weighted by Crippen LogP contribution is -2.64. The first kappa shape index (κ1) is 22.6. The molecule has 1 aliphatic carbocycles. The van der Waals surface area contributed by atoms with Gasteiger partial charge in [-0.2, -0.15) is 0 Å². The first-order valence-corrected chi connectivity index (χ1v) is 12.2. The zero-order chi connectivity index (χ0) is 23.9. The Labute approximate surface area is 199 Å². The van der Waals surface area contributed by atoms with Crippen LogP contribution in [0.3, 0.4) is 0 Å². The molecule has 2 heterocycles. The molecule has 3 amide bonds. The molecule has 2 aliphatic heterocycles. The van der Waals surface area contributed by atoms with Crippen molar-refractivity contribution in [3.63, 3.8) is 0 Å². The quantitative estimate of drug-likeness (QED) is 0.694. The van der Waals surface area contributed by atoms with E-state index in [1.54, 1.807) is 18.6 Å². The van der Waals surface area contributed by atoms with Crippen LogP contribution in [-0.2, 0) is 14.4 Å². The Kier molecular flexibility index (Phi) is 5.88. The fourth-order valence-electron chi connectivity index (χ4n) is 6.14. The lowest BCUT2D eigenvalue weighted by atomic mass is 9.85. The summed E-state index contributed by atoms with van der Waals surface area (Å²) in [5.74, 6) is -1.52. The number of nitrogens with zero attached hydrogens (tertiary/aromatic N) is 2. The smallest absolute Gasteiger partial charge is 0.254 e. The van der Waals surface area contributed by atoms with E-state index in [0.717, 1.165) is 23.6 Å². The van der Waals surface area contributed by atoms with Gasteiger partial charge in [0.1, 0.15) is 0 Å². The highest BCUT2D eigenvalue weighted by Gasteiger charge is 2.67. The zero-order valence-corrected chi connectivity index (χ0v) is 19.2. The molecular weight excluding hydrogens is 430 g/mol. The number of Topliss-reactive ketones (excluding diaryl/α,β-unsaturated/α-hetero) is 1. The van der Waals surface area contributed by atoms with Crippen LogP contribution in [0.5, 0.6) is 0 Å². The Hall–Kier alpha value is -3.22. The average Bonchev–Trinajstić information content (AvgIpc) is 3.39. The third kappa shape index (κ3) is 3.58. The Balaban J connectivity index is 1.38. The standard InChI is InChI=1S/C27H30N3O4/c28-26(34)27-22(14-15-30(27)24(32)13-10-18-6-2-1-3-7-18)29(17-23(27)31)25(33)21-12-11-19-8-4-5-9-20(19)16-21/h4-5,8-9,11-13,16,18,22H,1-3,6-7,10,14-15,17H2,(H2,28,34). The molecule has 1 saturated carbocycles. The predicted octanol–water partition coefficient (Wildman–Crippen LogP) is 2.86. The average molecular weight is 461 g/mol. The number of amides is 3. The number of primary amides is 1. The van der Waals surface area contributed by atoms with Crippen molar-refractivity contribution < 1.29 is 19.2 Å². The molecule has 1 radical (unpaired) electrons. The molecule has 2 aromatic rings. The lowest BCUT2D eigenvalue weighted by Gasteiger charge is -2.35. The van der Waals surface area contributed by atoms with Gasteiger partial charge in [0.2, 0.25) is 11.4 Å². The van der Waals surface area contributed by atoms with E-state index < -0.39 is 23.3 Å². The molecule has 177 valence electrons. The van der Waals surface area contributed by atoms with Gasteiger partial charge >= 0.3 is 0 Å². The number of carbonyl (C=O) groups excluding carboxylic acids is 4. The topological polar surface area (TPSA) is 101 Å². The van der Waals surface area contributed by atoms with Gasteiger partial charge in [-0.15, -0.1) is 0 Å². The van der Waals surface area contributed by atoms with Gasteiger partial charge < -0.3 is 15.5 Å². The number of ketones is 1. The van der Waals surface area contributed by atoms with Crippen LogP contribution >= 0.6 is 0 Å². The van der Waals surface area contributed by atoms with Crippen molar-refractivity contribution in [1.29, 1.82) is 0 Å². The van der Waals surface area contributed by atoms with E-state index in [1.807, 2.05) is 30.3 Å². The summed E-state index contributed by atoms with van der Waals surface area (Å²) in [7, 11) is 0. The summed E-state index contributed by atoms with van der Waals surface area (Å²) in [6.07, 6.45) is 8.38. The van der Waals surface area contributed by atoms with Crippen LogP contribution in [-0.4, -0.2) is 58.0 Å². The first-order valence-electron chi connectivity index (χ1n) is 12.2. The molecule has 3 fully saturated rings. The number of hydrogen-bond donors (Lipinski definition) is 1. The Morgan fingerprint density at radius 1 is 1.00 bits per heavy atom. The molecule has 0 bridgehead atoms. The van der Waals surface area contributed by atoms with E-state index in [2.05, 4.69) is 0 Å². The normalized spacial score (nSPS) is 25.1. The van der Waals surface area contributed by atoms with Crippen LogP contribution in [0, 0.1) is 12.3 Å². The summed E-state index contributed by atoms with van der Waals surface area (Å²) >= 11 is 0. The summed E-state index contributed by atoms with van der Waals surface area (Å²) in [5, 5.41) is 1.93. The van der Waals surface area contributed by atoms with Crippen LogP contribution in [0.25, 0.3) is 10.8 Å². The minimum absolute atomic E-state index is 0.223. The van der Waals surface area contributed by atoms with Crippen molar-refractivity contribution >= 4 is 34.3 Å². The monoisotopic (exact) mass is 460 g/mol. The van der Waals surface area contributed by atoms with Crippen molar-refractivity contribution in [1.82, 2.24) is 9.80 Å². The van der Waals surface area contributed by atoms with E-state index >= 15 is 0 Å². The van der Waals surface area contributed by atoms with E-state index in [0.29, 0.717) is 24.3 Å². The maximum absolute atomic E-state index is 13.5. The van der Waals surface area contributed by atoms with E-state index in [-0.39, 0.29) is 24.9 Å². The molecule has 0 spiro atoms. The van der Waals surface area contributed by atoms with Gasteiger partial charge in [0.15, 0.2) is 5.78 Å². The predicted molar refractivity (Wildman–Crippen MR) is 128 cm³/mol. The lowest BCUT2D eigenvalue weighted by molar-refractivity contribution is -0.148. The minimum atomic E-state index is -1.79. The summed E-state index contributed by atoms with van der Waals surface area (Å²) in [6, 6.07) is 12.4. The first-order chi connectivity index (χ1) is 16.4. The molecule has 0 aromatic heterocycles. The van der Waals surface area contributed by atoms with Crippen molar-refractivity contribution in [3.05, 3.63) is 54.4 Å². The van der Waals surface area contributed by atoms with Gasteiger partial charge in [-0.3, -0.25) is 19.2 Å². The molecule has 3 aliphatic rings. The molecule has 2 saturated heterocycles. The van der Waals surface area contributed by atoms with E-state index in [1.165, 1.54) is 29.1 Å². The number of rotatable bonds is 5. The molecule has 2 N–H and O–H groups in total. The summed E-state index contributed by atoms with van der Waals surface area (Å²) in [5.41, 5.74) is 4.46. The van der Waals surface area contributed by atoms with Crippen LogP contribution in [0.15, 0.2) is 42.5 Å². The molecule has 5 rings (SSSR count). The van der Waals surface area contributed by atoms with Crippen molar-refractivity contribution in [3.8, 4) is 0 Å². The Bertz CT molecular complexity index is 1160. The number of likely N-dealkylation sites (tertiary alicyclic amines) is 2. The van der Waals surface area contributed by atoms with Gasteiger partial charge in [0.25, 0.3) is 11.8 Å². The van der Waals surface area contributed by atoms with Gasteiger partial charge in [0.05, 0.1) is 19.0 Å². The van der Waals surface area contributed by atoms with Crippen LogP contribution in [0.1, 0.15) is 55.3 Å². The van der Waals surface area contributed by atoms with E-state index in [4.69, 9.17) is 5.73 Å². The zero-order valence-electron chi connectivity index (χ0n) is 19.2. The number of benzene rings is 2. The van der Waals surface area contributed by atoms with Crippen molar-refractivity contribution in [2.75, 3.05) is 13.1 Å². The highest BCUT2D eigenvalue weighted by Crippen LogP contribution is 2.41. The van der Waals surface area contributed by atoms with Crippen molar-refractivity contribution in [2.24, 2.45) is 11.7 Å². The molecule has 7 heteroatoms. The van der Waals surface area contributed by atoms with Crippen LogP contribution in [0.2, 0.25) is 0 Å². The maximum Gasteiger partial charge on any atom is 0.254 e. The molecular formula is C27H30N3O4. The van der Waals surface area contributed by atoms with Crippen LogP contribution < -0.4 is 5.73 Å². The van der Waals surface area contributed by atoms with E-state index in [9.17, 15) is 19.2 Å². The van der Waals surface area contributed by atoms with Gasteiger partial charge in [-0.1, -0.05) is 62.4 Å². The highest BCUT2D eigenvalue weighted by atomic mass is 16.2. The number of carbonyl (C=O) groups is 4. The summed E-state index contributed by atoms with van der Waals surface area (Å²) in [6.45, 7) is -0.00742. The fourth-order valence-corrected chi connectivity index (χ4v) is 6.14. The number of nitrogens with two attached hydrogens (primary N) is 1. The minimum Gasteiger partial charge on any atom is -0.367 e. The Morgan fingerprint density at radius 3 is 2.47 bits per heavy atom. The third-order valence-electron chi connectivity index (χ3n) is 7.90. The molecule has 34 heavy (non-hydrogen) atoms.